The zero-order chi connectivity index (χ0) is 50.7. The minimum atomic E-state index is -0.792. The second kappa shape index (κ2) is 58.2. The Balaban J connectivity index is 4.41. The van der Waals surface area contributed by atoms with E-state index in [1.165, 1.54) is 135 Å². The van der Waals surface area contributed by atoms with E-state index >= 15 is 0 Å². The van der Waals surface area contributed by atoms with E-state index in [0.717, 1.165) is 109 Å². The van der Waals surface area contributed by atoms with Crippen LogP contribution in [-0.2, 0) is 28.6 Å². The van der Waals surface area contributed by atoms with Crippen molar-refractivity contribution in [2.75, 3.05) is 13.2 Å². The fourth-order valence-electron chi connectivity index (χ4n) is 8.16. The molecule has 0 radical (unpaired) electrons. The summed E-state index contributed by atoms with van der Waals surface area (Å²) in [5, 5.41) is 0. The van der Waals surface area contributed by atoms with Gasteiger partial charge in [-0.25, -0.2) is 0 Å². The molecule has 0 aliphatic carbocycles. The van der Waals surface area contributed by atoms with Gasteiger partial charge in [-0.2, -0.15) is 0 Å². The molecule has 6 nitrogen and oxygen atoms in total. The third-order valence-corrected chi connectivity index (χ3v) is 12.6. The van der Waals surface area contributed by atoms with E-state index in [0.29, 0.717) is 19.3 Å². The Morgan fingerprint density at radius 3 is 0.886 bits per heavy atom. The molecular formula is C64H110O6. The van der Waals surface area contributed by atoms with Gasteiger partial charge >= 0.3 is 17.9 Å². The molecular weight excluding hydrogens is 865 g/mol. The minimum Gasteiger partial charge on any atom is -0.462 e. The highest BCUT2D eigenvalue weighted by atomic mass is 16.6. The molecule has 0 N–H and O–H groups in total. The molecule has 0 aromatic carbocycles. The number of allylic oxidation sites excluding steroid dienone is 14. The van der Waals surface area contributed by atoms with Crippen LogP contribution in [0.5, 0.6) is 0 Å². The molecule has 0 aliphatic heterocycles. The number of carbonyl (C=O) groups is 3. The van der Waals surface area contributed by atoms with Gasteiger partial charge in [-0.3, -0.25) is 14.4 Å². The third kappa shape index (κ3) is 55.5. The lowest BCUT2D eigenvalue weighted by molar-refractivity contribution is -0.167. The van der Waals surface area contributed by atoms with Crippen LogP contribution in [0.2, 0.25) is 0 Å². The van der Waals surface area contributed by atoms with Crippen molar-refractivity contribution in [1.82, 2.24) is 0 Å². The molecule has 6 heteroatoms. The Bertz CT molecular complexity index is 1350. The Labute approximate surface area is 433 Å². The molecule has 0 aromatic rings. The van der Waals surface area contributed by atoms with Gasteiger partial charge in [0, 0.05) is 19.3 Å². The van der Waals surface area contributed by atoms with Gasteiger partial charge in [-0.15, -0.1) is 0 Å². The summed E-state index contributed by atoms with van der Waals surface area (Å²) in [4.78, 5) is 38.2. The number of esters is 3. The van der Waals surface area contributed by atoms with Crippen molar-refractivity contribution in [2.24, 2.45) is 0 Å². The lowest BCUT2D eigenvalue weighted by atomic mass is 10.1. The Morgan fingerprint density at radius 2 is 0.557 bits per heavy atom. The van der Waals surface area contributed by atoms with Crippen molar-refractivity contribution < 1.29 is 28.6 Å². The molecule has 0 fully saturated rings. The minimum absolute atomic E-state index is 0.0891. The van der Waals surface area contributed by atoms with E-state index in [9.17, 15) is 14.4 Å². The first-order valence-corrected chi connectivity index (χ1v) is 29.6. The maximum absolute atomic E-state index is 12.9. The SMILES string of the molecule is CC/C=C\C/C=C\C/C=C\CCCCCCCCCC(=O)OC(COC(=O)CCCCCCC/C=C\CCCCCCC)COC(=O)CCCCCCCC/C=C\C/C=C\C/C=C\CCCCCCC. The van der Waals surface area contributed by atoms with Crippen molar-refractivity contribution in [3.63, 3.8) is 0 Å². The van der Waals surface area contributed by atoms with Crippen LogP contribution >= 0.6 is 0 Å². The quantitative estimate of drug-likeness (QED) is 0.0261. The van der Waals surface area contributed by atoms with E-state index in [1.54, 1.807) is 0 Å². The highest BCUT2D eigenvalue weighted by molar-refractivity contribution is 5.71. The normalized spacial score (nSPS) is 12.7. The molecule has 0 saturated carbocycles. The molecule has 0 heterocycles. The van der Waals surface area contributed by atoms with Gasteiger partial charge in [0.1, 0.15) is 13.2 Å². The van der Waals surface area contributed by atoms with Crippen LogP contribution in [0.4, 0.5) is 0 Å². The zero-order valence-electron chi connectivity index (χ0n) is 46.0. The van der Waals surface area contributed by atoms with Crippen molar-refractivity contribution >= 4 is 17.9 Å². The lowest BCUT2D eigenvalue weighted by Crippen LogP contribution is -2.30. The van der Waals surface area contributed by atoms with Crippen molar-refractivity contribution in [3.8, 4) is 0 Å². The number of rotatable bonds is 53. The molecule has 1 atom stereocenters. The Kier molecular flexibility index (Phi) is 55.3. The maximum atomic E-state index is 12.9. The summed E-state index contributed by atoms with van der Waals surface area (Å²) in [5.74, 6) is -0.913. The monoisotopic (exact) mass is 975 g/mol. The Morgan fingerprint density at radius 1 is 0.300 bits per heavy atom. The van der Waals surface area contributed by atoms with Crippen LogP contribution in [0.3, 0.4) is 0 Å². The van der Waals surface area contributed by atoms with E-state index in [-0.39, 0.29) is 31.1 Å². The standard InChI is InChI=1S/C64H110O6/c1-4-7-10-13-16-19-22-25-28-30-31-32-33-35-36-39-42-45-48-51-54-57-63(66)69-60-61(59-68-62(65)56-53-50-47-44-41-38-27-24-21-18-15-12-9-6-3)70-64(67)58-55-52-49-46-43-40-37-34-29-26-23-20-17-14-11-8-5-2/h8,11,17,20,22,24-27,29-31,33,35,61H,4-7,9-10,12-16,18-19,21,23,28,32,34,36-60H2,1-3H3/b11-8-,20-17-,25-22-,27-24-,29-26-,31-30-,35-33-. The fourth-order valence-corrected chi connectivity index (χ4v) is 8.16. The maximum Gasteiger partial charge on any atom is 0.306 e. The fraction of sp³-hybridized carbons (Fsp3) is 0.734. The third-order valence-electron chi connectivity index (χ3n) is 12.6. The van der Waals surface area contributed by atoms with Gasteiger partial charge < -0.3 is 14.2 Å². The lowest BCUT2D eigenvalue weighted by Gasteiger charge is -2.18. The van der Waals surface area contributed by atoms with Crippen LogP contribution in [0.15, 0.2) is 85.1 Å². The largest absolute Gasteiger partial charge is 0.462 e. The van der Waals surface area contributed by atoms with Gasteiger partial charge in [0.05, 0.1) is 0 Å². The zero-order valence-corrected chi connectivity index (χ0v) is 46.0. The average Bonchev–Trinajstić information content (AvgIpc) is 3.36. The summed E-state index contributed by atoms with van der Waals surface area (Å²) in [6.45, 7) is 6.50. The number of unbranched alkanes of at least 4 members (excludes halogenated alkanes) is 28. The van der Waals surface area contributed by atoms with Gasteiger partial charge in [-0.1, -0.05) is 234 Å². The first-order valence-electron chi connectivity index (χ1n) is 29.6. The van der Waals surface area contributed by atoms with Crippen molar-refractivity contribution in [1.29, 1.82) is 0 Å². The summed E-state index contributed by atoms with van der Waals surface area (Å²) in [7, 11) is 0. The van der Waals surface area contributed by atoms with Crippen LogP contribution in [0.25, 0.3) is 0 Å². The average molecular weight is 976 g/mol. The highest BCUT2D eigenvalue weighted by Gasteiger charge is 2.19. The molecule has 402 valence electrons. The van der Waals surface area contributed by atoms with Crippen LogP contribution in [0.1, 0.15) is 284 Å². The van der Waals surface area contributed by atoms with Gasteiger partial charge in [0.25, 0.3) is 0 Å². The molecule has 0 aromatic heterocycles. The summed E-state index contributed by atoms with van der Waals surface area (Å²) >= 11 is 0. The van der Waals surface area contributed by atoms with Gasteiger partial charge in [-0.05, 0) is 116 Å². The highest BCUT2D eigenvalue weighted by Crippen LogP contribution is 2.15. The number of hydrogen-bond donors (Lipinski definition) is 0. The van der Waals surface area contributed by atoms with E-state index in [2.05, 4.69) is 106 Å². The predicted octanol–water partition coefficient (Wildman–Crippen LogP) is 19.9. The van der Waals surface area contributed by atoms with Gasteiger partial charge in [0.2, 0.25) is 0 Å². The first kappa shape index (κ1) is 66.6. The summed E-state index contributed by atoms with van der Waals surface area (Å²) < 4.78 is 16.9. The first-order chi connectivity index (χ1) is 34.5. The Hall–Kier alpha value is -3.41. The second-order valence-electron chi connectivity index (χ2n) is 19.5. The molecule has 0 saturated heterocycles. The van der Waals surface area contributed by atoms with E-state index in [4.69, 9.17) is 14.2 Å². The topological polar surface area (TPSA) is 78.9 Å². The van der Waals surface area contributed by atoms with E-state index in [1.807, 2.05) is 0 Å². The van der Waals surface area contributed by atoms with Crippen LogP contribution in [0, 0.1) is 0 Å². The molecule has 1 unspecified atom stereocenters. The molecule has 0 aliphatic rings. The molecule has 0 spiro atoms. The molecule has 70 heavy (non-hydrogen) atoms. The predicted molar refractivity (Wildman–Crippen MR) is 302 cm³/mol. The summed E-state index contributed by atoms with van der Waals surface area (Å²) in [6.07, 6.45) is 75.7. The molecule has 0 rings (SSSR count). The van der Waals surface area contributed by atoms with E-state index < -0.39 is 6.10 Å². The van der Waals surface area contributed by atoms with Gasteiger partial charge in [0.15, 0.2) is 6.10 Å². The van der Waals surface area contributed by atoms with Crippen molar-refractivity contribution in [2.45, 2.75) is 290 Å². The second-order valence-corrected chi connectivity index (χ2v) is 19.5. The molecule has 0 amide bonds. The number of ether oxygens (including phenoxy) is 3. The summed E-state index contributed by atoms with van der Waals surface area (Å²) in [6, 6.07) is 0. The van der Waals surface area contributed by atoms with Crippen LogP contribution < -0.4 is 0 Å². The number of hydrogen-bond acceptors (Lipinski definition) is 6. The summed E-state index contributed by atoms with van der Waals surface area (Å²) in [5.41, 5.74) is 0. The number of carbonyl (C=O) groups excluding carboxylic acids is 3. The van der Waals surface area contributed by atoms with Crippen molar-refractivity contribution in [3.05, 3.63) is 85.1 Å². The van der Waals surface area contributed by atoms with Crippen LogP contribution in [-0.4, -0.2) is 37.2 Å². The smallest absolute Gasteiger partial charge is 0.306 e. The molecule has 0 bridgehead atoms.